The van der Waals surface area contributed by atoms with Gasteiger partial charge in [-0.2, -0.15) is 13.1 Å². The van der Waals surface area contributed by atoms with Gasteiger partial charge in [-0.25, -0.2) is 0 Å². The van der Waals surface area contributed by atoms with Crippen LogP contribution in [-0.2, 0) is 15.1 Å². The van der Waals surface area contributed by atoms with Crippen molar-refractivity contribution in [3.63, 3.8) is 0 Å². The number of aliphatic hydroxyl groups excluding tert-OH is 4. The molecule has 1 unspecified atom stereocenters. The summed E-state index contributed by atoms with van der Waals surface area (Å²) in [5, 5.41) is 35.8. The van der Waals surface area contributed by atoms with Gasteiger partial charge in [0.2, 0.25) is 0 Å². The Labute approximate surface area is 91.2 Å². The third-order valence-electron chi connectivity index (χ3n) is 1.73. The van der Waals surface area contributed by atoms with E-state index in [4.69, 9.17) is 19.9 Å². The second-order valence-electron chi connectivity index (χ2n) is 2.99. The van der Waals surface area contributed by atoms with Crippen molar-refractivity contribution in [1.29, 1.82) is 0 Å². The van der Waals surface area contributed by atoms with Crippen LogP contribution in [0.25, 0.3) is 0 Å². The molecule has 4 atom stereocenters. The lowest BCUT2D eigenvalue weighted by Gasteiger charge is -2.25. The molecule has 0 aromatic rings. The largest absolute Gasteiger partial charge is 0.394 e. The van der Waals surface area contributed by atoms with Crippen LogP contribution in [0.2, 0.25) is 0 Å². The maximum Gasteiger partial charge on any atom is 0.334 e. The second-order valence-corrected chi connectivity index (χ2v) is 4.17. The number of aliphatic hydroxyl groups is 4. The number of hydrogen-bond donors (Lipinski definition) is 6. The molecule has 0 spiro atoms. The number of carbonyl (C=O) groups excluding carboxylic acids is 1. The molecule has 96 valence electrons. The monoisotopic (exact) mass is 259 g/mol. The Morgan fingerprint density at radius 3 is 2.00 bits per heavy atom. The molecule has 16 heavy (non-hydrogen) atoms. The highest BCUT2D eigenvalue weighted by Gasteiger charge is 2.32. The van der Waals surface area contributed by atoms with Crippen LogP contribution in [0.15, 0.2) is 0 Å². The Morgan fingerprint density at radius 1 is 1.19 bits per heavy atom. The third-order valence-corrected chi connectivity index (χ3v) is 2.30. The highest BCUT2D eigenvalue weighted by Crippen LogP contribution is 2.04. The van der Waals surface area contributed by atoms with Crippen LogP contribution in [0.3, 0.4) is 0 Å². The van der Waals surface area contributed by atoms with Gasteiger partial charge in [0, 0.05) is 0 Å². The summed E-state index contributed by atoms with van der Waals surface area (Å²) < 4.78 is 30.4. The van der Waals surface area contributed by atoms with Gasteiger partial charge in [0.25, 0.3) is 0 Å². The fourth-order valence-corrected chi connectivity index (χ4v) is 1.44. The lowest BCUT2D eigenvalue weighted by Crippen LogP contribution is -2.53. The first-order valence-corrected chi connectivity index (χ1v) is 5.52. The summed E-state index contributed by atoms with van der Waals surface area (Å²) in [4.78, 5) is 10.4. The summed E-state index contributed by atoms with van der Waals surface area (Å²) in [6, 6.07) is -1.84. The lowest BCUT2D eigenvalue weighted by molar-refractivity contribution is -0.119. The van der Waals surface area contributed by atoms with Crippen LogP contribution < -0.4 is 4.72 Å². The molecule has 6 N–H and O–H groups in total. The topological polar surface area (TPSA) is 164 Å². The van der Waals surface area contributed by atoms with Gasteiger partial charge in [0.15, 0.2) is 0 Å². The molecule has 0 radical (unpaired) electrons. The number of aldehydes is 1. The molecule has 0 saturated heterocycles. The van der Waals surface area contributed by atoms with E-state index in [0.717, 1.165) is 0 Å². The average molecular weight is 259 g/mol. The Balaban J connectivity index is 4.65. The van der Waals surface area contributed by atoms with Gasteiger partial charge in [-0.15, -0.1) is 0 Å². The molecule has 0 saturated carbocycles. The first kappa shape index (κ1) is 15.4. The molecule has 0 rings (SSSR count). The van der Waals surface area contributed by atoms with Gasteiger partial charge in [-0.05, 0) is 0 Å². The molecule has 0 aliphatic rings. The molecule has 0 aromatic heterocycles. The van der Waals surface area contributed by atoms with E-state index in [0.29, 0.717) is 0 Å². The van der Waals surface area contributed by atoms with Gasteiger partial charge in [-0.3, -0.25) is 4.55 Å². The quantitative estimate of drug-likeness (QED) is 0.199. The van der Waals surface area contributed by atoms with E-state index < -0.39 is 41.3 Å². The summed E-state index contributed by atoms with van der Waals surface area (Å²) in [6.07, 6.45) is -5.79. The van der Waals surface area contributed by atoms with E-state index in [1.807, 2.05) is 0 Å². The van der Waals surface area contributed by atoms with Gasteiger partial charge in [0.05, 0.1) is 6.61 Å². The van der Waals surface area contributed by atoms with Gasteiger partial charge in [0.1, 0.15) is 30.6 Å². The van der Waals surface area contributed by atoms with Crippen LogP contribution in [0.1, 0.15) is 0 Å². The molecule has 10 heteroatoms. The first-order valence-electron chi connectivity index (χ1n) is 4.08. The molecular weight excluding hydrogens is 246 g/mol. The van der Waals surface area contributed by atoms with Crippen molar-refractivity contribution in [2.45, 2.75) is 24.4 Å². The summed E-state index contributed by atoms with van der Waals surface area (Å²) in [7, 11) is -4.74. The van der Waals surface area contributed by atoms with Crippen molar-refractivity contribution in [2.75, 3.05) is 6.61 Å². The number of rotatable bonds is 7. The molecule has 0 amide bonds. The normalized spacial score (nSPS) is 19.8. The van der Waals surface area contributed by atoms with Crippen molar-refractivity contribution < 1.29 is 38.2 Å². The van der Waals surface area contributed by atoms with E-state index in [2.05, 4.69) is 0 Å². The molecule has 9 nitrogen and oxygen atoms in total. The van der Waals surface area contributed by atoms with E-state index in [-0.39, 0.29) is 6.29 Å². The summed E-state index contributed by atoms with van der Waals surface area (Å²) >= 11 is 0. The second kappa shape index (κ2) is 6.20. The summed E-state index contributed by atoms with van der Waals surface area (Å²) in [6.45, 7) is -0.893. The van der Waals surface area contributed by atoms with Crippen molar-refractivity contribution in [1.82, 2.24) is 4.72 Å². The Kier molecular flexibility index (Phi) is 5.96. The van der Waals surface area contributed by atoms with Crippen molar-refractivity contribution in [3.8, 4) is 0 Å². The van der Waals surface area contributed by atoms with Crippen LogP contribution in [-0.4, -0.2) is 70.6 Å². The van der Waals surface area contributed by atoms with Gasteiger partial charge in [-0.1, -0.05) is 0 Å². The fourth-order valence-electron chi connectivity index (χ4n) is 0.898. The third kappa shape index (κ3) is 4.94. The minimum absolute atomic E-state index is 0.0776. The van der Waals surface area contributed by atoms with Crippen molar-refractivity contribution in [2.24, 2.45) is 0 Å². The highest BCUT2D eigenvalue weighted by atomic mass is 32.2. The highest BCUT2D eigenvalue weighted by molar-refractivity contribution is 7.83. The Bertz CT molecular complexity index is 316. The smallest absolute Gasteiger partial charge is 0.334 e. The molecule has 0 aliphatic carbocycles. The summed E-state index contributed by atoms with van der Waals surface area (Å²) in [5.41, 5.74) is 0. The van der Waals surface area contributed by atoms with Crippen molar-refractivity contribution >= 4 is 16.6 Å². The van der Waals surface area contributed by atoms with Crippen LogP contribution in [0.4, 0.5) is 0 Å². The minimum Gasteiger partial charge on any atom is -0.394 e. The van der Waals surface area contributed by atoms with Gasteiger partial charge < -0.3 is 25.2 Å². The Hall–Kier alpha value is -0.620. The van der Waals surface area contributed by atoms with E-state index in [1.165, 1.54) is 4.72 Å². The standard InChI is InChI=1S/C6H13NO8S/c8-1-3(7-16(13,14)15)5(11)6(12)4(10)2-9/h1,3-7,9-12H,2H2,(H,13,14,15)/t3-,4?,5+,6+/m0/s1. The van der Waals surface area contributed by atoms with Crippen LogP contribution >= 0.6 is 0 Å². The van der Waals surface area contributed by atoms with E-state index in [1.54, 1.807) is 0 Å². The maximum absolute atomic E-state index is 10.4. The zero-order valence-corrected chi connectivity index (χ0v) is 8.78. The summed E-state index contributed by atoms with van der Waals surface area (Å²) in [5.74, 6) is 0. The molecule has 0 aliphatic heterocycles. The average Bonchev–Trinajstić information content (AvgIpc) is 2.21. The van der Waals surface area contributed by atoms with Crippen LogP contribution in [0.5, 0.6) is 0 Å². The van der Waals surface area contributed by atoms with E-state index in [9.17, 15) is 18.3 Å². The van der Waals surface area contributed by atoms with E-state index >= 15 is 0 Å². The predicted molar refractivity (Wildman–Crippen MR) is 49.6 cm³/mol. The first-order chi connectivity index (χ1) is 7.22. The SMILES string of the molecule is O=C[C@H](NS(=O)(=O)O)[C@@H](O)[C@H](O)C(O)CO. The number of hydrogen-bond acceptors (Lipinski definition) is 7. The molecule has 0 heterocycles. The van der Waals surface area contributed by atoms with Crippen LogP contribution in [0, 0.1) is 0 Å². The maximum atomic E-state index is 10.4. The zero-order chi connectivity index (χ0) is 12.9. The molecule has 0 aromatic carbocycles. The Morgan fingerprint density at radius 2 is 1.69 bits per heavy atom. The molecule has 0 bridgehead atoms. The lowest BCUT2D eigenvalue weighted by atomic mass is 10.0. The predicted octanol–water partition coefficient (Wildman–Crippen LogP) is -3.98. The van der Waals surface area contributed by atoms with Gasteiger partial charge >= 0.3 is 10.3 Å². The minimum atomic E-state index is -4.74. The molecule has 0 fully saturated rings. The number of nitrogens with one attached hydrogen (secondary N) is 1. The zero-order valence-electron chi connectivity index (χ0n) is 7.96. The van der Waals surface area contributed by atoms with Crippen molar-refractivity contribution in [3.05, 3.63) is 0 Å². The fraction of sp³-hybridized carbons (Fsp3) is 0.833. The number of carbonyl (C=O) groups is 1. The molecular formula is C6H13NO8S.